The quantitative estimate of drug-likeness (QED) is 0.930. The number of aromatic nitrogens is 2. The number of benzene rings is 1. The Morgan fingerprint density at radius 1 is 1.20 bits per heavy atom. The van der Waals surface area contributed by atoms with Crippen LogP contribution in [0.4, 0.5) is 5.69 Å². The van der Waals surface area contributed by atoms with E-state index in [2.05, 4.69) is 15.5 Å². The number of halogens is 2. The summed E-state index contributed by atoms with van der Waals surface area (Å²) in [4.78, 5) is 12.0. The largest absolute Gasteiger partial charge is 0.495 e. The maximum absolute atomic E-state index is 12.0. The van der Waals surface area contributed by atoms with Crippen molar-refractivity contribution in [1.82, 2.24) is 10.2 Å². The van der Waals surface area contributed by atoms with E-state index >= 15 is 0 Å². The second-order valence-electron chi connectivity index (χ2n) is 3.50. The van der Waals surface area contributed by atoms with Crippen molar-refractivity contribution in [3.63, 3.8) is 0 Å². The van der Waals surface area contributed by atoms with Crippen LogP contribution in [0.25, 0.3) is 0 Å². The van der Waals surface area contributed by atoms with E-state index in [1.165, 1.54) is 20.3 Å². The fourth-order valence-electron chi connectivity index (χ4n) is 1.43. The van der Waals surface area contributed by atoms with E-state index in [1.54, 1.807) is 6.07 Å². The lowest BCUT2D eigenvalue weighted by atomic mass is 10.2. The smallest absolute Gasteiger partial charge is 0.286 e. The molecule has 0 unspecified atom stereocenters. The molecule has 9 heteroatoms. The molecule has 6 nitrogen and oxygen atoms in total. The Labute approximate surface area is 128 Å². The van der Waals surface area contributed by atoms with E-state index in [0.717, 1.165) is 11.3 Å². The summed E-state index contributed by atoms with van der Waals surface area (Å²) >= 11 is 12.6. The molecule has 0 spiro atoms. The Hall–Kier alpha value is -1.57. The van der Waals surface area contributed by atoms with E-state index in [-0.39, 0.29) is 9.47 Å². The summed E-state index contributed by atoms with van der Waals surface area (Å²) in [7, 11) is 2.96. The van der Waals surface area contributed by atoms with Gasteiger partial charge < -0.3 is 14.8 Å². The van der Waals surface area contributed by atoms with Crippen LogP contribution in [0.2, 0.25) is 9.49 Å². The van der Waals surface area contributed by atoms with Gasteiger partial charge in [0.1, 0.15) is 11.5 Å². The van der Waals surface area contributed by atoms with Crippen molar-refractivity contribution in [3.8, 4) is 11.5 Å². The van der Waals surface area contributed by atoms with Gasteiger partial charge in [-0.25, -0.2) is 0 Å². The molecule has 0 saturated carbocycles. The van der Waals surface area contributed by atoms with Crippen molar-refractivity contribution in [3.05, 3.63) is 26.6 Å². The first kappa shape index (κ1) is 14.8. The molecule has 0 atom stereocenters. The highest BCUT2D eigenvalue weighted by Gasteiger charge is 2.16. The van der Waals surface area contributed by atoms with Crippen LogP contribution < -0.4 is 14.8 Å². The third-order valence-corrected chi connectivity index (χ3v) is 3.63. The SMILES string of the molecule is COc1cc(OC)c(NC(=O)c2nnc(Cl)s2)cc1Cl. The molecule has 0 aliphatic carbocycles. The van der Waals surface area contributed by atoms with Gasteiger partial charge in [0.2, 0.25) is 9.47 Å². The second-order valence-corrected chi connectivity index (χ2v) is 5.47. The molecule has 20 heavy (non-hydrogen) atoms. The lowest BCUT2D eigenvalue weighted by Crippen LogP contribution is -2.12. The van der Waals surface area contributed by atoms with Gasteiger partial charge in [0, 0.05) is 6.07 Å². The van der Waals surface area contributed by atoms with Crippen LogP contribution in [-0.4, -0.2) is 30.3 Å². The first-order valence-corrected chi connectivity index (χ1v) is 6.84. The van der Waals surface area contributed by atoms with Gasteiger partial charge in [-0.3, -0.25) is 4.79 Å². The Morgan fingerprint density at radius 2 is 1.90 bits per heavy atom. The van der Waals surface area contributed by atoms with Gasteiger partial charge in [0.25, 0.3) is 5.91 Å². The second kappa shape index (κ2) is 6.25. The van der Waals surface area contributed by atoms with Gasteiger partial charge in [-0.05, 0) is 17.7 Å². The van der Waals surface area contributed by atoms with Gasteiger partial charge in [0.15, 0.2) is 0 Å². The highest BCUT2D eigenvalue weighted by molar-refractivity contribution is 7.17. The third-order valence-electron chi connectivity index (χ3n) is 2.32. The predicted octanol–water partition coefficient (Wildman–Crippen LogP) is 3.11. The number of ether oxygens (including phenoxy) is 2. The minimum absolute atomic E-state index is 0.143. The zero-order valence-electron chi connectivity index (χ0n) is 10.4. The van der Waals surface area contributed by atoms with E-state index in [4.69, 9.17) is 32.7 Å². The van der Waals surface area contributed by atoms with Crippen molar-refractivity contribution in [2.75, 3.05) is 19.5 Å². The monoisotopic (exact) mass is 333 g/mol. The molecule has 1 heterocycles. The fraction of sp³-hybridized carbons (Fsp3) is 0.182. The minimum Gasteiger partial charge on any atom is -0.495 e. The van der Waals surface area contributed by atoms with E-state index < -0.39 is 5.91 Å². The maximum Gasteiger partial charge on any atom is 0.286 e. The van der Waals surface area contributed by atoms with Crippen molar-refractivity contribution >= 4 is 46.1 Å². The van der Waals surface area contributed by atoms with Gasteiger partial charge in [-0.2, -0.15) is 0 Å². The minimum atomic E-state index is -0.450. The number of carbonyl (C=O) groups is 1. The number of rotatable bonds is 4. The number of amides is 1. The van der Waals surface area contributed by atoms with Crippen LogP contribution in [0, 0.1) is 0 Å². The highest BCUT2D eigenvalue weighted by Crippen LogP contribution is 2.36. The number of hydrogen-bond acceptors (Lipinski definition) is 6. The van der Waals surface area contributed by atoms with Crippen molar-refractivity contribution < 1.29 is 14.3 Å². The summed E-state index contributed by atoms with van der Waals surface area (Å²) in [6.45, 7) is 0. The van der Waals surface area contributed by atoms with Crippen LogP contribution in [0.15, 0.2) is 12.1 Å². The molecule has 1 aromatic carbocycles. The number of anilines is 1. The standard InChI is InChI=1S/C11H9Cl2N3O3S/c1-18-7-4-8(19-2)6(3-5(7)12)14-9(17)10-15-16-11(13)20-10/h3-4H,1-2H3,(H,14,17). The Bertz CT molecular complexity index is 648. The third kappa shape index (κ3) is 3.12. The number of nitrogens with zero attached hydrogens (tertiary/aromatic N) is 2. The highest BCUT2D eigenvalue weighted by atomic mass is 35.5. The number of nitrogens with one attached hydrogen (secondary N) is 1. The van der Waals surface area contributed by atoms with Crippen LogP contribution in [0.3, 0.4) is 0 Å². The topological polar surface area (TPSA) is 73.3 Å². The van der Waals surface area contributed by atoms with Gasteiger partial charge in [-0.15, -0.1) is 10.2 Å². The normalized spacial score (nSPS) is 10.2. The maximum atomic E-state index is 12.0. The zero-order chi connectivity index (χ0) is 14.7. The van der Waals surface area contributed by atoms with Crippen LogP contribution >= 0.6 is 34.5 Å². The van der Waals surface area contributed by atoms with E-state index in [0.29, 0.717) is 22.2 Å². The molecule has 0 bridgehead atoms. The van der Waals surface area contributed by atoms with Crippen molar-refractivity contribution in [2.24, 2.45) is 0 Å². The summed E-state index contributed by atoms with van der Waals surface area (Å²) in [5.74, 6) is 0.407. The van der Waals surface area contributed by atoms with E-state index in [1.807, 2.05) is 0 Å². The van der Waals surface area contributed by atoms with E-state index in [9.17, 15) is 4.79 Å². The summed E-state index contributed by atoms with van der Waals surface area (Å²) < 4.78 is 10.4. The number of carbonyl (C=O) groups excluding carboxylic acids is 1. The summed E-state index contributed by atoms with van der Waals surface area (Å²) in [6, 6.07) is 3.10. The molecule has 2 rings (SSSR count). The van der Waals surface area contributed by atoms with Gasteiger partial charge in [-0.1, -0.05) is 22.9 Å². The molecule has 1 amide bonds. The molecule has 0 aliphatic rings. The summed E-state index contributed by atoms with van der Waals surface area (Å²) in [5.41, 5.74) is 0.398. The molecular weight excluding hydrogens is 325 g/mol. The lowest BCUT2D eigenvalue weighted by Gasteiger charge is -2.12. The molecule has 1 N–H and O–H groups in total. The lowest BCUT2D eigenvalue weighted by molar-refractivity contribution is 0.102. The first-order chi connectivity index (χ1) is 9.55. The average Bonchev–Trinajstić information content (AvgIpc) is 2.86. The van der Waals surface area contributed by atoms with Crippen molar-refractivity contribution in [2.45, 2.75) is 0 Å². The number of methoxy groups -OCH3 is 2. The average molecular weight is 334 g/mol. The molecule has 0 fully saturated rings. The molecule has 1 aromatic heterocycles. The molecular formula is C11H9Cl2N3O3S. The van der Waals surface area contributed by atoms with Crippen molar-refractivity contribution in [1.29, 1.82) is 0 Å². The summed E-state index contributed by atoms with van der Waals surface area (Å²) in [5, 5.41) is 10.3. The fourth-order valence-corrected chi connectivity index (χ4v) is 2.40. The Balaban J connectivity index is 2.28. The van der Waals surface area contributed by atoms with Gasteiger partial charge >= 0.3 is 0 Å². The van der Waals surface area contributed by atoms with Gasteiger partial charge in [0.05, 0.1) is 24.9 Å². The molecule has 0 saturated heterocycles. The van der Waals surface area contributed by atoms with Crippen LogP contribution in [0.5, 0.6) is 11.5 Å². The molecule has 106 valence electrons. The molecule has 2 aromatic rings. The first-order valence-electron chi connectivity index (χ1n) is 5.27. The predicted molar refractivity (Wildman–Crippen MR) is 77.4 cm³/mol. The Kier molecular flexibility index (Phi) is 4.64. The van der Waals surface area contributed by atoms with Crippen LogP contribution in [-0.2, 0) is 0 Å². The number of hydrogen-bond donors (Lipinski definition) is 1. The Morgan fingerprint density at radius 3 is 2.45 bits per heavy atom. The van der Waals surface area contributed by atoms with Crippen LogP contribution in [0.1, 0.15) is 9.80 Å². The zero-order valence-corrected chi connectivity index (χ0v) is 12.8. The molecule has 0 aliphatic heterocycles. The molecule has 0 radical (unpaired) electrons. The summed E-state index contributed by atoms with van der Waals surface area (Å²) in [6.07, 6.45) is 0.